The molecule has 0 aromatic carbocycles. The Balaban J connectivity index is 1.80. The van der Waals surface area contributed by atoms with Crippen molar-refractivity contribution in [3.63, 3.8) is 0 Å². The molecule has 2 fully saturated rings. The second-order valence-corrected chi connectivity index (χ2v) is 6.01. The topological polar surface area (TPSA) is 38.3 Å². The Morgan fingerprint density at radius 3 is 2.69 bits per heavy atom. The first-order valence-electron chi connectivity index (χ1n) is 6.29. The molecule has 1 saturated carbocycles. The van der Waals surface area contributed by atoms with Crippen molar-refractivity contribution in [1.29, 1.82) is 0 Å². The Labute approximate surface area is 105 Å². The molecule has 92 valence electrons. The first-order chi connectivity index (χ1) is 7.77. The summed E-state index contributed by atoms with van der Waals surface area (Å²) in [6.45, 7) is 1.42. The van der Waals surface area contributed by atoms with Crippen LogP contribution in [-0.2, 0) is 9.53 Å². The lowest BCUT2D eigenvalue weighted by molar-refractivity contribution is -0.129. The molecule has 1 aliphatic carbocycles. The second kappa shape index (κ2) is 6.01. The van der Waals surface area contributed by atoms with Gasteiger partial charge in [0.15, 0.2) is 0 Å². The van der Waals surface area contributed by atoms with Crippen molar-refractivity contribution in [2.45, 2.75) is 49.4 Å². The predicted octanol–water partition coefficient (Wildman–Crippen LogP) is 2.24. The van der Waals surface area contributed by atoms with E-state index >= 15 is 0 Å². The van der Waals surface area contributed by atoms with E-state index in [9.17, 15) is 4.79 Å². The van der Waals surface area contributed by atoms with Crippen molar-refractivity contribution in [3.8, 4) is 0 Å². The number of rotatable bonds is 2. The van der Waals surface area contributed by atoms with Gasteiger partial charge in [-0.25, -0.2) is 0 Å². The van der Waals surface area contributed by atoms with Gasteiger partial charge in [-0.3, -0.25) is 4.79 Å². The Morgan fingerprint density at radius 2 is 2.00 bits per heavy atom. The van der Waals surface area contributed by atoms with E-state index in [4.69, 9.17) is 4.74 Å². The molecule has 1 aliphatic heterocycles. The molecule has 1 N–H and O–H groups in total. The van der Waals surface area contributed by atoms with Crippen LogP contribution in [0, 0.1) is 5.92 Å². The summed E-state index contributed by atoms with van der Waals surface area (Å²) in [5.41, 5.74) is 0. The zero-order valence-electron chi connectivity index (χ0n) is 9.58. The van der Waals surface area contributed by atoms with Crippen molar-refractivity contribution in [1.82, 2.24) is 5.32 Å². The summed E-state index contributed by atoms with van der Waals surface area (Å²) in [7, 11) is 0. The molecule has 16 heavy (non-hydrogen) atoms. The number of alkyl halides is 1. The molecule has 4 heteroatoms. The molecule has 0 spiro atoms. The van der Waals surface area contributed by atoms with E-state index in [1.165, 1.54) is 19.3 Å². The smallest absolute Gasteiger partial charge is 0.225 e. The Bertz CT molecular complexity index is 241. The third kappa shape index (κ3) is 3.20. The molecule has 1 heterocycles. The summed E-state index contributed by atoms with van der Waals surface area (Å²) < 4.78 is 5.35. The van der Waals surface area contributed by atoms with E-state index < -0.39 is 0 Å². The first-order valence-corrected chi connectivity index (χ1v) is 7.21. The molecular formula is C12H20BrNO2. The summed E-state index contributed by atoms with van der Waals surface area (Å²) in [5, 5.41) is 3.17. The predicted molar refractivity (Wildman–Crippen MR) is 66.7 cm³/mol. The average Bonchev–Trinajstić information content (AvgIpc) is 2.33. The van der Waals surface area contributed by atoms with Gasteiger partial charge in [0.2, 0.25) is 5.91 Å². The molecule has 3 atom stereocenters. The fourth-order valence-corrected chi connectivity index (χ4v) is 3.22. The quantitative estimate of drug-likeness (QED) is 0.792. The summed E-state index contributed by atoms with van der Waals surface area (Å²) >= 11 is 3.66. The minimum absolute atomic E-state index is 0.0791. The normalized spacial score (nSPS) is 35.7. The average molecular weight is 290 g/mol. The second-order valence-electron chi connectivity index (χ2n) is 4.83. The van der Waals surface area contributed by atoms with Crippen molar-refractivity contribution in [3.05, 3.63) is 0 Å². The maximum atomic E-state index is 12.0. The number of hydrogen-bond acceptors (Lipinski definition) is 2. The minimum atomic E-state index is 0.0791. The lowest BCUT2D eigenvalue weighted by Crippen LogP contribution is -2.46. The molecule has 3 unspecified atom stereocenters. The van der Waals surface area contributed by atoms with Gasteiger partial charge >= 0.3 is 0 Å². The standard InChI is InChI=1S/C12H20BrNO2/c13-10-5-1-2-6-11(10)14-12(15)9-4-3-7-16-8-9/h9-11H,1-8H2,(H,14,15). The molecule has 2 rings (SSSR count). The first kappa shape index (κ1) is 12.4. The van der Waals surface area contributed by atoms with Gasteiger partial charge in [-0.2, -0.15) is 0 Å². The zero-order chi connectivity index (χ0) is 11.4. The van der Waals surface area contributed by atoms with Crippen LogP contribution in [0.25, 0.3) is 0 Å². The summed E-state index contributed by atoms with van der Waals surface area (Å²) in [6.07, 6.45) is 6.77. The van der Waals surface area contributed by atoms with E-state index in [0.29, 0.717) is 17.5 Å². The lowest BCUT2D eigenvalue weighted by Gasteiger charge is -2.30. The van der Waals surface area contributed by atoms with Gasteiger partial charge in [0.25, 0.3) is 0 Å². The molecule has 1 saturated heterocycles. The molecule has 2 aliphatic rings. The Morgan fingerprint density at radius 1 is 1.19 bits per heavy atom. The molecule has 0 aromatic rings. The molecular weight excluding hydrogens is 270 g/mol. The SMILES string of the molecule is O=C(NC1CCCCC1Br)C1CCCOC1. The highest BCUT2D eigenvalue weighted by atomic mass is 79.9. The van der Waals surface area contributed by atoms with Crippen molar-refractivity contribution < 1.29 is 9.53 Å². The van der Waals surface area contributed by atoms with E-state index in [1.54, 1.807) is 0 Å². The number of ether oxygens (including phenoxy) is 1. The van der Waals surface area contributed by atoms with Crippen LogP contribution in [0.4, 0.5) is 0 Å². The van der Waals surface area contributed by atoms with Gasteiger partial charge in [-0.15, -0.1) is 0 Å². The highest BCUT2D eigenvalue weighted by Crippen LogP contribution is 2.25. The number of carbonyl (C=O) groups is 1. The van der Waals surface area contributed by atoms with Crippen molar-refractivity contribution in [2.24, 2.45) is 5.92 Å². The number of halogens is 1. The maximum Gasteiger partial charge on any atom is 0.225 e. The van der Waals surface area contributed by atoms with E-state index in [0.717, 1.165) is 25.9 Å². The summed E-state index contributed by atoms with van der Waals surface area (Å²) in [4.78, 5) is 12.5. The van der Waals surface area contributed by atoms with Crippen molar-refractivity contribution >= 4 is 21.8 Å². The number of hydrogen-bond donors (Lipinski definition) is 1. The van der Waals surface area contributed by atoms with Crippen LogP contribution in [0.15, 0.2) is 0 Å². The maximum absolute atomic E-state index is 12.0. The molecule has 0 radical (unpaired) electrons. The molecule has 0 aromatic heterocycles. The summed E-state index contributed by atoms with van der Waals surface area (Å²) in [6, 6.07) is 0.322. The van der Waals surface area contributed by atoms with Gasteiger partial charge < -0.3 is 10.1 Å². The number of amides is 1. The fourth-order valence-electron chi connectivity index (χ4n) is 2.50. The van der Waals surface area contributed by atoms with Crippen LogP contribution in [0.2, 0.25) is 0 Å². The van der Waals surface area contributed by atoms with Gasteiger partial charge in [0.1, 0.15) is 0 Å². The van der Waals surface area contributed by atoms with E-state index in [-0.39, 0.29) is 11.8 Å². The minimum Gasteiger partial charge on any atom is -0.381 e. The summed E-state index contributed by atoms with van der Waals surface area (Å²) in [5.74, 6) is 0.270. The zero-order valence-corrected chi connectivity index (χ0v) is 11.2. The van der Waals surface area contributed by atoms with Crippen LogP contribution in [0.3, 0.4) is 0 Å². The molecule has 1 amide bonds. The largest absolute Gasteiger partial charge is 0.381 e. The Hall–Kier alpha value is -0.0900. The highest BCUT2D eigenvalue weighted by molar-refractivity contribution is 9.09. The third-order valence-corrected chi connectivity index (χ3v) is 4.64. The van der Waals surface area contributed by atoms with Crippen LogP contribution >= 0.6 is 15.9 Å². The van der Waals surface area contributed by atoms with Gasteiger partial charge in [0, 0.05) is 17.5 Å². The Kier molecular flexibility index (Phi) is 4.65. The number of carbonyl (C=O) groups excluding carboxylic acids is 1. The van der Waals surface area contributed by atoms with Gasteiger partial charge in [-0.1, -0.05) is 28.8 Å². The molecule has 3 nitrogen and oxygen atoms in total. The van der Waals surface area contributed by atoms with Gasteiger partial charge in [-0.05, 0) is 25.7 Å². The molecule has 0 bridgehead atoms. The van der Waals surface area contributed by atoms with Crippen LogP contribution in [-0.4, -0.2) is 30.0 Å². The highest BCUT2D eigenvalue weighted by Gasteiger charge is 2.28. The van der Waals surface area contributed by atoms with Crippen LogP contribution < -0.4 is 5.32 Å². The van der Waals surface area contributed by atoms with E-state index in [1.807, 2.05) is 0 Å². The third-order valence-electron chi connectivity index (χ3n) is 3.54. The van der Waals surface area contributed by atoms with E-state index in [2.05, 4.69) is 21.2 Å². The fraction of sp³-hybridized carbons (Fsp3) is 0.917. The van der Waals surface area contributed by atoms with Crippen LogP contribution in [0.5, 0.6) is 0 Å². The monoisotopic (exact) mass is 289 g/mol. The van der Waals surface area contributed by atoms with Gasteiger partial charge in [0.05, 0.1) is 12.5 Å². The van der Waals surface area contributed by atoms with Crippen LogP contribution in [0.1, 0.15) is 38.5 Å². The van der Waals surface area contributed by atoms with Crippen molar-refractivity contribution in [2.75, 3.05) is 13.2 Å². The lowest BCUT2D eigenvalue weighted by atomic mass is 9.94. The number of nitrogens with one attached hydrogen (secondary N) is 1.